The zero-order valence-electron chi connectivity index (χ0n) is 16.1. The van der Waals surface area contributed by atoms with Gasteiger partial charge in [-0.2, -0.15) is 4.31 Å². The molecule has 1 heterocycles. The number of benzene rings is 1. The van der Waals surface area contributed by atoms with Crippen molar-refractivity contribution >= 4 is 15.9 Å². The summed E-state index contributed by atoms with van der Waals surface area (Å²) in [5.74, 6) is -0.145. The van der Waals surface area contributed by atoms with Crippen molar-refractivity contribution in [1.82, 2.24) is 9.62 Å². The highest BCUT2D eigenvalue weighted by molar-refractivity contribution is 7.89. The van der Waals surface area contributed by atoms with E-state index in [2.05, 4.69) is 5.32 Å². The maximum absolute atomic E-state index is 12.6. The molecule has 1 aliphatic heterocycles. The van der Waals surface area contributed by atoms with Crippen LogP contribution in [0.4, 0.5) is 0 Å². The van der Waals surface area contributed by atoms with Crippen molar-refractivity contribution in [3.63, 3.8) is 0 Å². The van der Waals surface area contributed by atoms with Crippen LogP contribution in [0.1, 0.15) is 68.3 Å². The molecule has 3 unspecified atom stereocenters. The molecule has 7 heteroatoms. The number of carbonyl (C=O) groups is 1. The Bertz CT molecular complexity index is 763. The van der Waals surface area contributed by atoms with Crippen molar-refractivity contribution in [1.29, 1.82) is 0 Å². The number of aliphatic hydroxyl groups is 1. The minimum absolute atomic E-state index is 0.00750. The molecule has 1 saturated heterocycles. The van der Waals surface area contributed by atoms with Crippen molar-refractivity contribution in [3.05, 3.63) is 35.4 Å². The van der Waals surface area contributed by atoms with Gasteiger partial charge >= 0.3 is 0 Å². The highest BCUT2D eigenvalue weighted by Crippen LogP contribution is 2.28. The van der Waals surface area contributed by atoms with Crippen LogP contribution in [0, 0.1) is 0 Å². The van der Waals surface area contributed by atoms with Gasteiger partial charge in [0.15, 0.2) is 0 Å². The lowest BCUT2D eigenvalue weighted by Gasteiger charge is -2.36. The van der Waals surface area contributed by atoms with E-state index < -0.39 is 10.0 Å². The zero-order valence-corrected chi connectivity index (χ0v) is 16.9. The molecule has 1 aromatic carbocycles. The smallest absolute Gasteiger partial charge is 0.251 e. The Morgan fingerprint density at radius 1 is 1.15 bits per heavy atom. The summed E-state index contributed by atoms with van der Waals surface area (Å²) in [7, 11) is -3.27. The predicted octanol–water partition coefficient (Wildman–Crippen LogP) is 2.42. The maximum Gasteiger partial charge on any atom is 0.251 e. The summed E-state index contributed by atoms with van der Waals surface area (Å²) >= 11 is 0. The van der Waals surface area contributed by atoms with Crippen LogP contribution in [-0.4, -0.2) is 47.2 Å². The van der Waals surface area contributed by atoms with Gasteiger partial charge in [0.05, 0.1) is 11.4 Å². The van der Waals surface area contributed by atoms with Gasteiger partial charge in [-0.25, -0.2) is 8.42 Å². The minimum atomic E-state index is -3.27. The van der Waals surface area contributed by atoms with E-state index in [0.29, 0.717) is 24.9 Å². The first-order valence-corrected chi connectivity index (χ1v) is 11.4. The number of hydrogen-bond acceptors (Lipinski definition) is 4. The fraction of sp³-hybridized carbons (Fsp3) is 0.650. The molecule has 3 rings (SSSR count). The Labute approximate surface area is 162 Å². The highest BCUT2D eigenvalue weighted by atomic mass is 32.2. The van der Waals surface area contributed by atoms with Crippen LogP contribution in [0.2, 0.25) is 0 Å². The first kappa shape index (κ1) is 20.3. The second-order valence-electron chi connectivity index (χ2n) is 8.01. The summed E-state index contributed by atoms with van der Waals surface area (Å²) in [4.78, 5) is 12.4. The van der Waals surface area contributed by atoms with E-state index in [4.69, 9.17) is 0 Å². The molecule has 1 aromatic rings. The molecule has 0 aromatic heterocycles. The van der Waals surface area contributed by atoms with Gasteiger partial charge in [-0.05, 0) is 70.1 Å². The number of sulfonamides is 1. The Hall–Kier alpha value is -1.44. The Balaban J connectivity index is 1.64. The third-order valence-corrected chi connectivity index (χ3v) is 8.25. The zero-order chi connectivity index (χ0) is 19.6. The first-order chi connectivity index (χ1) is 12.8. The molecule has 1 aliphatic carbocycles. The van der Waals surface area contributed by atoms with E-state index in [1.54, 1.807) is 23.4 Å². The van der Waals surface area contributed by atoms with E-state index in [9.17, 15) is 18.3 Å². The lowest BCUT2D eigenvalue weighted by molar-refractivity contribution is 0.0849. The van der Waals surface area contributed by atoms with Gasteiger partial charge in [0.1, 0.15) is 0 Å². The number of rotatable bonds is 4. The number of hydrogen-bond donors (Lipinski definition) is 2. The van der Waals surface area contributed by atoms with Crippen LogP contribution < -0.4 is 5.32 Å². The summed E-state index contributed by atoms with van der Waals surface area (Å²) in [6.07, 6.45) is 4.46. The normalized spacial score (nSPS) is 31.4. The van der Waals surface area contributed by atoms with Crippen LogP contribution in [0.15, 0.2) is 24.3 Å². The molecule has 2 N–H and O–H groups in total. The number of nitrogens with zero attached hydrogens (tertiary/aromatic N) is 1. The minimum Gasteiger partial charge on any atom is -0.393 e. The molecular weight excluding hydrogens is 364 g/mol. The predicted molar refractivity (Wildman–Crippen MR) is 105 cm³/mol. The molecule has 4 atom stereocenters. The van der Waals surface area contributed by atoms with E-state index in [1.165, 1.54) is 0 Å². The Morgan fingerprint density at radius 2 is 1.85 bits per heavy atom. The van der Waals surface area contributed by atoms with E-state index >= 15 is 0 Å². The van der Waals surface area contributed by atoms with Gasteiger partial charge in [-0.1, -0.05) is 12.1 Å². The number of aliphatic hydroxyl groups excluding tert-OH is 1. The summed E-state index contributed by atoms with van der Waals surface area (Å²) in [5, 5.41) is 12.4. The average Bonchev–Trinajstić information content (AvgIpc) is 2.63. The quantitative estimate of drug-likeness (QED) is 0.821. The molecule has 0 spiro atoms. The molecule has 0 radical (unpaired) electrons. The fourth-order valence-corrected chi connectivity index (χ4v) is 5.83. The SMILES string of the molecule is CC1CC[C@H](C)N(Cc2ccc(C(=O)NC3CCCC(O)C3)cc2)S1(=O)=O. The molecule has 1 saturated carbocycles. The van der Waals surface area contributed by atoms with Crippen LogP contribution in [0.5, 0.6) is 0 Å². The molecule has 1 amide bonds. The van der Waals surface area contributed by atoms with Crippen molar-refractivity contribution in [2.45, 2.75) is 82.4 Å². The van der Waals surface area contributed by atoms with Gasteiger partial charge in [0.25, 0.3) is 5.91 Å². The summed E-state index contributed by atoms with van der Waals surface area (Å²) < 4.78 is 26.8. The third kappa shape index (κ3) is 4.70. The number of carbonyl (C=O) groups excluding carboxylic acids is 1. The largest absolute Gasteiger partial charge is 0.393 e. The lowest BCUT2D eigenvalue weighted by atomic mass is 9.93. The average molecular weight is 395 g/mol. The second kappa shape index (κ2) is 8.29. The van der Waals surface area contributed by atoms with Crippen molar-refractivity contribution < 1.29 is 18.3 Å². The lowest BCUT2D eigenvalue weighted by Crippen LogP contribution is -2.47. The summed E-state index contributed by atoms with van der Waals surface area (Å²) in [6.45, 7) is 4.05. The number of nitrogens with one attached hydrogen (secondary N) is 1. The van der Waals surface area contributed by atoms with Gasteiger partial charge in [-0.3, -0.25) is 4.79 Å². The van der Waals surface area contributed by atoms with Gasteiger partial charge in [0.2, 0.25) is 10.0 Å². The van der Waals surface area contributed by atoms with Crippen LogP contribution in [0.3, 0.4) is 0 Å². The topological polar surface area (TPSA) is 86.7 Å². The van der Waals surface area contributed by atoms with Gasteiger partial charge in [0, 0.05) is 24.2 Å². The molecule has 150 valence electrons. The molecule has 2 aliphatic rings. The Morgan fingerprint density at radius 3 is 2.52 bits per heavy atom. The first-order valence-electron chi connectivity index (χ1n) is 9.86. The van der Waals surface area contributed by atoms with Crippen molar-refractivity contribution in [2.75, 3.05) is 0 Å². The van der Waals surface area contributed by atoms with E-state index in [0.717, 1.165) is 31.2 Å². The van der Waals surface area contributed by atoms with Gasteiger partial charge < -0.3 is 10.4 Å². The monoisotopic (exact) mass is 394 g/mol. The fourth-order valence-electron chi connectivity index (χ4n) is 4.00. The summed E-state index contributed by atoms with van der Waals surface area (Å²) in [6, 6.07) is 7.15. The van der Waals surface area contributed by atoms with Crippen molar-refractivity contribution in [2.24, 2.45) is 0 Å². The highest BCUT2D eigenvalue weighted by Gasteiger charge is 2.36. The molecular formula is C20H30N2O4S. The molecule has 6 nitrogen and oxygen atoms in total. The number of amides is 1. The van der Waals surface area contributed by atoms with Crippen LogP contribution >= 0.6 is 0 Å². The molecule has 2 fully saturated rings. The van der Waals surface area contributed by atoms with E-state index in [-0.39, 0.29) is 29.3 Å². The summed E-state index contributed by atoms with van der Waals surface area (Å²) in [5.41, 5.74) is 1.44. The second-order valence-corrected chi connectivity index (χ2v) is 10.3. The third-order valence-electron chi connectivity index (χ3n) is 5.85. The van der Waals surface area contributed by atoms with Crippen LogP contribution in [-0.2, 0) is 16.6 Å². The molecule has 27 heavy (non-hydrogen) atoms. The standard InChI is InChI=1S/C20H30N2O4S/c1-14-6-7-15(2)27(25,26)22(14)13-16-8-10-17(11-9-16)20(24)21-18-4-3-5-19(23)12-18/h8-11,14-15,18-19,23H,3-7,12-13H2,1-2H3,(H,21,24)/t14-,15?,18?,19?/m0/s1. The van der Waals surface area contributed by atoms with Crippen LogP contribution in [0.25, 0.3) is 0 Å². The van der Waals surface area contributed by atoms with E-state index in [1.807, 2.05) is 19.1 Å². The van der Waals surface area contributed by atoms with Gasteiger partial charge in [-0.15, -0.1) is 0 Å². The Kier molecular flexibility index (Phi) is 6.23. The maximum atomic E-state index is 12.6. The van der Waals surface area contributed by atoms with Crippen molar-refractivity contribution in [3.8, 4) is 0 Å². The molecule has 0 bridgehead atoms.